The van der Waals surface area contributed by atoms with E-state index >= 15 is 0 Å². The molecular formula is C13H18F2N2O3S. The van der Waals surface area contributed by atoms with E-state index in [-0.39, 0.29) is 0 Å². The second kappa shape index (κ2) is 6.67. The molecule has 1 rings (SSSR count). The highest BCUT2D eigenvalue weighted by atomic mass is 32.2. The number of hydrogen-bond acceptors (Lipinski definition) is 4. The van der Waals surface area contributed by atoms with Gasteiger partial charge in [0.1, 0.15) is 4.75 Å². The molecule has 21 heavy (non-hydrogen) atoms. The second-order valence-corrected chi connectivity index (χ2v) is 7.63. The average Bonchev–Trinajstić information content (AvgIpc) is 2.36. The molecule has 1 aromatic rings. The Morgan fingerprint density at radius 1 is 1.24 bits per heavy atom. The third-order valence-electron chi connectivity index (χ3n) is 2.77. The van der Waals surface area contributed by atoms with Gasteiger partial charge in [-0.05, 0) is 39.3 Å². The van der Waals surface area contributed by atoms with E-state index in [4.69, 9.17) is 0 Å². The van der Waals surface area contributed by atoms with Gasteiger partial charge in [-0.15, -0.1) is 4.72 Å². The van der Waals surface area contributed by atoms with E-state index in [9.17, 15) is 23.4 Å². The van der Waals surface area contributed by atoms with Crippen LogP contribution in [0.25, 0.3) is 0 Å². The lowest BCUT2D eigenvalue weighted by molar-refractivity contribution is -0.385. The number of rotatable bonds is 5. The van der Waals surface area contributed by atoms with Crippen LogP contribution in [-0.2, 0) is 11.4 Å². The van der Waals surface area contributed by atoms with Gasteiger partial charge in [-0.3, -0.25) is 10.1 Å². The third kappa shape index (κ3) is 4.90. The van der Waals surface area contributed by atoms with Crippen molar-refractivity contribution < 1.29 is 18.3 Å². The van der Waals surface area contributed by atoms with Crippen LogP contribution in [0.3, 0.4) is 0 Å². The van der Waals surface area contributed by atoms with Crippen molar-refractivity contribution in [3.05, 3.63) is 39.4 Å². The van der Waals surface area contributed by atoms with E-state index in [1.54, 1.807) is 27.7 Å². The van der Waals surface area contributed by atoms with Crippen molar-refractivity contribution in [3.63, 3.8) is 0 Å². The Labute approximate surface area is 125 Å². The lowest BCUT2D eigenvalue weighted by Gasteiger charge is -2.26. The molecule has 0 radical (unpaired) electrons. The first-order valence-electron chi connectivity index (χ1n) is 6.28. The zero-order chi connectivity index (χ0) is 16.4. The van der Waals surface area contributed by atoms with Gasteiger partial charge in [0.15, 0.2) is 0 Å². The number of nitrogens with zero attached hydrogens (tertiary/aromatic N) is 1. The number of benzene rings is 1. The Hall–Kier alpha value is -1.25. The molecule has 0 spiro atoms. The van der Waals surface area contributed by atoms with Crippen molar-refractivity contribution in [1.82, 2.24) is 4.72 Å². The molecule has 0 heterocycles. The molecule has 0 aliphatic rings. The largest absolute Gasteiger partial charge is 0.598 e. The lowest BCUT2D eigenvalue weighted by atomic mass is 10.0. The van der Waals surface area contributed by atoms with E-state index in [1.165, 1.54) is 12.1 Å². The Bertz CT molecular complexity index is 521. The van der Waals surface area contributed by atoms with Gasteiger partial charge in [0.25, 0.3) is 12.1 Å². The zero-order valence-electron chi connectivity index (χ0n) is 12.2. The van der Waals surface area contributed by atoms with Gasteiger partial charge in [0.2, 0.25) is 0 Å². The molecule has 0 saturated heterocycles. The van der Waals surface area contributed by atoms with Gasteiger partial charge >= 0.3 is 0 Å². The highest BCUT2D eigenvalue weighted by Gasteiger charge is 2.29. The molecule has 118 valence electrons. The summed E-state index contributed by atoms with van der Waals surface area (Å²) in [6.45, 7) is 6.92. The molecule has 0 aliphatic carbocycles. The number of halogens is 2. The fraction of sp³-hybridized carbons (Fsp3) is 0.538. The van der Waals surface area contributed by atoms with Crippen molar-refractivity contribution >= 4 is 17.0 Å². The third-order valence-corrected chi connectivity index (χ3v) is 4.45. The van der Waals surface area contributed by atoms with E-state index in [0.29, 0.717) is 5.56 Å². The number of nitrogens with one attached hydrogen (secondary N) is 1. The highest BCUT2D eigenvalue weighted by molar-refractivity contribution is 7.90. The standard InChI is InChI=1S/C13H18F2N2O3S/c1-8(16-21(20)13(2,3)4)9-5-10(12(14)15)7-11(6-9)17(18)19/h5-8,12,16H,1-4H3/t8-,21?/m0/s1. The van der Waals surface area contributed by atoms with Gasteiger partial charge in [-0.25, -0.2) is 8.78 Å². The molecule has 0 fully saturated rings. The van der Waals surface area contributed by atoms with Crippen LogP contribution in [-0.4, -0.2) is 14.2 Å². The fourth-order valence-electron chi connectivity index (χ4n) is 1.55. The average molecular weight is 320 g/mol. The Morgan fingerprint density at radius 2 is 1.76 bits per heavy atom. The van der Waals surface area contributed by atoms with Crippen LogP contribution < -0.4 is 4.72 Å². The van der Waals surface area contributed by atoms with E-state index in [1.807, 2.05) is 0 Å². The minimum absolute atomic E-state index is 0.303. The summed E-state index contributed by atoms with van der Waals surface area (Å²) < 4.78 is 39.9. The van der Waals surface area contributed by atoms with Crippen LogP contribution in [0.1, 0.15) is 51.3 Å². The summed E-state index contributed by atoms with van der Waals surface area (Å²) in [7, 11) is 0. The summed E-state index contributed by atoms with van der Waals surface area (Å²) in [5.74, 6) is 0. The van der Waals surface area contributed by atoms with Gasteiger partial charge in [-0.1, -0.05) is 0 Å². The predicted molar refractivity (Wildman–Crippen MR) is 77.5 cm³/mol. The maximum absolute atomic E-state index is 12.8. The van der Waals surface area contributed by atoms with Gasteiger partial charge in [-0.2, -0.15) is 0 Å². The van der Waals surface area contributed by atoms with Crippen LogP contribution in [0, 0.1) is 10.1 Å². The van der Waals surface area contributed by atoms with Crippen molar-refractivity contribution in [2.24, 2.45) is 0 Å². The van der Waals surface area contributed by atoms with E-state index in [2.05, 4.69) is 4.72 Å². The van der Waals surface area contributed by atoms with Gasteiger partial charge in [0.05, 0.1) is 11.0 Å². The molecule has 0 aliphatic heterocycles. The predicted octanol–water partition coefficient (Wildman–Crippen LogP) is 3.65. The molecule has 0 saturated carbocycles. The molecule has 1 N–H and O–H groups in total. The summed E-state index contributed by atoms with van der Waals surface area (Å²) in [6, 6.07) is 2.70. The first kappa shape index (κ1) is 17.8. The zero-order valence-corrected chi connectivity index (χ0v) is 13.0. The highest BCUT2D eigenvalue weighted by Crippen LogP contribution is 2.29. The van der Waals surface area contributed by atoms with Crippen LogP contribution >= 0.6 is 0 Å². The quantitative estimate of drug-likeness (QED) is 0.510. The first-order valence-corrected chi connectivity index (χ1v) is 7.43. The monoisotopic (exact) mass is 320 g/mol. The molecule has 0 bridgehead atoms. The van der Waals surface area contributed by atoms with E-state index in [0.717, 1.165) is 6.07 Å². The maximum atomic E-state index is 12.8. The number of nitro groups is 1. The number of alkyl halides is 2. The SMILES string of the molecule is C[C@H](N[S+]([O-])C(C)(C)C)c1cc(C(F)F)cc([N+](=O)[O-])c1. The van der Waals surface area contributed by atoms with Gasteiger partial charge in [0, 0.05) is 29.1 Å². The number of nitro benzene ring substituents is 1. The molecule has 8 heteroatoms. The molecule has 2 atom stereocenters. The minimum atomic E-state index is -2.80. The fourth-order valence-corrected chi connectivity index (χ4v) is 2.36. The van der Waals surface area contributed by atoms with Crippen molar-refractivity contribution in [2.45, 2.75) is 44.9 Å². The maximum Gasteiger partial charge on any atom is 0.270 e. The summed E-state index contributed by atoms with van der Waals surface area (Å²) in [5.41, 5.74) is -0.524. The molecule has 0 amide bonds. The Kier molecular flexibility index (Phi) is 5.66. The van der Waals surface area contributed by atoms with Crippen molar-refractivity contribution in [3.8, 4) is 0 Å². The van der Waals surface area contributed by atoms with Crippen LogP contribution in [0.2, 0.25) is 0 Å². The summed E-state index contributed by atoms with van der Waals surface area (Å²) >= 11 is -1.41. The van der Waals surface area contributed by atoms with Crippen molar-refractivity contribution in [1.29, 1.82) is 0 Å². The topological polar surface area (TPSA) is 78.2 Å². The normalized spacial score (nSPS) is 15.0. The molecule has 0 aromatic heterocycles. The lowest BCUT2D eigenvalue weighted by Crippen LogP contribution is -2.40. The van der Waals surface area contributed by atoms with Gasteiger partial charge < -0.3 is 4.55 Å². The van der Waals surface area contributed by atoms with Crippen LogP contribution in [0.15, 0.2) is 18.2 Å². The summed E-state index contributed by atoms with van der Waals surface area (Å²) in [6.07, 6.45) is -2.80. The number of hydrogen-bond donors (Lipinski definition) is 1. The smallest absolute Gasteiger partial charge is 0.270 e. The summed E-state index contributed by atoms with van der Waals surface area (Å²) in [5, 5.41) is 10.8. The van der Waals surface area contributed by atoms with E-state index < -0.39 is 44.8 Å². The Balaban J connectivity index is 3.08. The Morgan fingerprint density at radius 3 is 2.19 bits per heavy atom. The molecule has 5 nitrogen and oxygen atoms in total. The molecule has 1 unspecified atom stereocenters. The second-order valence-electron chi connectivity index (χ2n) is 5.64. The summed E-state index contributed by atoms with van der Waals surface area (Å²) in [4.78, 5) is 10.1. The van der Waals surface area contributed by atoms with Crippen LogP contribution in [0.4, 0.5) is 14.5 Å². The first-order chi connectivity index (χ1) is 9.52. The van der Waals surface area contributed by atoms with Crippen molar-refractivity contribution in [2.75, 3.05) is 0 Å². The molecule has 1 aromatic carbocycles. The minimum Gasteiger partial charge on any atom is -0.598 e. The molecular weight excluding hydrogens is 302 g/mol. The number of non-ortho nitro benzene ring substituents is 1. The van der Waals surface area contributed by atoms with Crippen LogP contribution in [0.5, 0.6) is 0 Å².